The van der Waals surface area contributed by atoms with E-state index >= 15 is 0 Å². The fraction of sp³-hybridized carbons (Fsp3) is 0.417. The van der Waals surface area contributed by atoms with Crippen molar-refractivity contribution in [2.75, 3.05) is 0 Å². The normalized spacial score (nSPS) is 11.4. The average molecular weight is 188 g/mol. The highest BCUT2D eigenvalue weighted by Gasteiger charge is 2.06. The van der Waals surface area contributed by atoms with Gasteiger partial charge in [-0.15, -0.1) is 0 Å². The third-order valence-electron chi connectivity index (χ3n) is 2.61. The van der Waals surface area contributed by atoms with Crippen molar-refractivity contribution in [1.82, 2.24) is 9.38 Å². The number of nitrogens with zero attached hydrogens (tertiary/aromatic N) is 2. The first-order valence-corrected chi connectivity index (χ1v) is 5.18. The van der Waals surface area contributed by atoms with E-state index in [1.807, 2.05) is 6.20 Å². The lowest BCUT2D eigenvalue weighted by Gasteiger charge is -2.05. The zero-order valence-electron chi connectivity index (χ0n) is 8.99. The van der Waals surface area contributed by atoms with Gasteiger partial charge in [0.2, 0.25) is 0 Å². The Morgan fingerprint density at radius 2 is 2.21 bits per heavy atom. The molecular weight excluding hydrogens is 172 g/mol. The minimum Gasteiger partial charge on any atom is -0.304 e. The third kappa shape index (κ3) is 1.41. The van der Waals surface area contributed by atoms with E-state index in [-0.39, 0.29) is 0 Å². The number of aryl methyl sites for hydroxylation is 1. The molecule has 2 aromatic heterocycles. The zero-order chi connectivity index (χ0) is 10.1. The second-order valence-electron chi connectivity index (χ2n) is 3.95. The fourth-order valence-corrected chi connectivity index (χ4v) is 1.69. The molecule has 0 saturated heterocycles. The first-order valence-electron chi connectivity index (χ1n) is 5.18. The summed E-state index contributed by atoms with van der Waals surface area (Å²) in [5.41, 5.74) is 3.69. The Balaban J connectivity index is 2.59. The van der Waals surface area contributed by atoms with Gasteiger partial charge >= 0.3 is 0 Å². The predicted octanol–water partition coefficient (Wildman–Crippen LogP) is 3.02. The van der Waals surface area contributed by atoms with Crippen LogP contribution in [-0.2, 0) is 6.42 Å². The van der Waals surface area contributed by atoms with E-state index in [1.54, 1.807) is 0 Å². The summed E-state index contributed by atoms with van der Waals surface area (Å²) in [6.45, 7) is 6.55. The van der Waals surface area contributed by atoms with Crippen molar-refractivity contribution >= 4 is 5.65 Å². The number of rotatable bonds is 2. The van der Waals surface area contributed by atoms with Crippen molar-refractivity contribution < 1.29 is 0 Å². The average Bonchev–Trinajstić information content (AvgIpc) is 2.59. The molecule has 0 N–H and O–H groups in total. The molecular formula is C12H16N2. The van der Waals surface area contributed by atoms with Crippen LogP contribution >= 0.6 is 0 Å². The first-order chi connectivity index (χ1) is 6.72. The Bertz CT molecular complexity index is 441. The summed E-state index contributed by atoms with van der Waals surface area (Å²) in [5.74, 6) is 0.525. The molecule has 0 spiro atoms. The molecule has 0 unspecified atom stereocenters. The summed E-state index contributed by atoms with van der Waals surface area (Å²) < 4.78 is 2.17. The van der Waals surface area contributed by atoms with Gasteiger partial charge in [0.05, 0.1) is 0 Å². The Labute approximate surface area is 84.6 Å². The summed E-state index contributed by atoms with van der Waals surface area (Å²) in [7, 11) is 0. The molecule has 2 heterocycles. The maximum absolute atomic E-state index is 4.41. The number of imidazole rings is 1. The van der Waals surface area contributed by atoms with Gasteiger partial charge in [-0.3, -0.25) is 0 Å². The molecule has 0 bridgehead atoms. The van der Waals surface area contributed by atoms with Gasteiger partial charge in [-0.05, 0) is 30.0 Å². The van der Waals surface area contributed by atoms with Gasteiger partial charge in [-0.2, -0.15) is 0 Å². The standard InChI is InChI=1S/C12H16N2/c1-4-10-5-6-14-11(9(2)3)8-13-12(14)7-10/h5-9H,4H2,1-3H3. The number of aromatic nitrogens is 2. The maximum Gasteiger partial charge on any atom is 0.137 e. The van der Waals surface area contributed by atoms with Crippen LogP contribution in [0.5, 0.6) is 0 Å². The van der Waals surface area contributed by atoms with Crippen LogP contribution in [-0.4, -0.2) is 9.38 Å². The minimum absolute atomic E-state index is 0.525. The summed E-state index contributed by atoms with van der Waals surface area (Å²) in [5, 5.41) is 0. The summed E-state index contributed by atoms with van der Waals surface area (Å²) >= 11 is 0. The molecule has 0 atom stereocenters. The highest BCUT2D eigenvalue weighted by molar-refractivity contribution is 5.43. The number of hydrogen-bond donors (Lipinski definition) is 0. The lowest BCUT2D eigenvalue weighted by atomic mass is 10.1. The Kier molecular flexibility index (Phi) is 2.28. The Morgan fingerprint density at radius 1 is 1.43 bits per heavy atom. The van der Waals surface area contributed by atoms with Crippen molar-refractivity contribution in [2.24, 2.45) is 0 Å². The zero-order valence-corrected chi connectivity index (χ0v) is 8.99. The topological polar surface area (TPSA) is 17.3 Å². The smallest absolute Gasteiger partial charge is 0.137 e. The van der Waals surface area contributed by atoms with Crippen LogP contribution in [0.2, 0.25) is 0 Å². The van der Waals surface area contributed by atoms with Gasteiger partial charge in [-0.25, -0.2) is 4.98 Å². The SMILES string of the molecule is CCc1ccn2c(C(C)C)cnc2c1. The van der Waals surface area contributed by atoms with Crippen molar-refractivity contribution in [3.63, 3.8) is 0 Å². The number of hydrogen-bond acceptors (Lipinski definition) is 1. The van der Waals surface area contributed by atoms with E-state index in [9.17, 15) is 0 Å². The van der Waals surface area contributed by atoms with Gasteiger partial charge in [0.1, 0.15) is 5.65 Å². The van der Waals surface area contributed by atoms with Crippen LogP contribution < -0.4 is 0 Å². The molecule has 2 rings (SSSR count). The highest BCUT2D eigenvalue weighted by atomic mass is 15.0. The van der Waals surface area contributed by atoms with E-state index in [2.05, 4.69) is 48.5 Å². The van der Waals surface area contributed by atoms with E-state index < -0.39 is 0 Å². The molecule has 0 radical (unpaired) electrons. The molecule has 0 saturated carbocycles. The van der Waals surface area contributed by atoms with E-state index in [4.69, 9.17) is 0 Å². The predicted molar refractivity (Wildman–Crippen MR) is 58.7 cm³/mol. The highest BCUT2D eigenvalue weighted by Crippen LogP contribution is 2.17. The second-order valence-corrected chi connectivity index (χ2v) is 3.95. The minimum atomic E-state index is 0.525. The second kappa shape index (κ2) is 3.45. The maximum atomic E-state index is 4.41. The molecule has 0 amide bonds. The monoisotopic (exact) mass is 188 g/mol. The van der Waals surface area contributed by atoms with Crippen molar-refractivity contribution in [3.05, 3.63) is 35.8 Å². The van der Waals surface area contributed by atoms with Gasteiger partial charge < -0.3 is 4.40 Å². The van der Waals surface area contributed by atoms with Crippen LogP contribution in [0, 0.1) is 0 Å². The van der Waals surface area contributed by atoms with Crippen molar-refractivity contribution in [2.45, 2.75) is 33.1 Å². The largest absolute Gasteiger partial charge is 0.304 e. The quantitative estimate of drug-likeness (QED) is 0.708. The number of pyridine rings is 1. The summed E-state index contributed by atoms with van der Waals surface area (Å²) in [6, 6.07) is 4.33. The molecule has 0 aliphatic carbocycles. The molecule has 74 valence electrons. The van der Waals surface area contributed by atoms with Crippen LogP contribution in [0.3, 0.4) is 0 Å². The number of fused-ring (bicyclic) bond motifs is 1. The lowest BCUT2D eigenvalue weighted by Crippen LogP contribution is -1.95. The van der Waals surface area contributed by atoms with Crippen molar-refractivity contribution in [3.8, 4) is 0 Å². The van der Waals surface area contributed by atoms with Crippen LogP contribution in [0.4, 0.5) is 0 Å². The van der Waals surface area contributed by atoms with Crippen LogP contribution in [0.1, 0.15) is 37.9 Å². The van der Waals surface area contributed by atoms with Gasteiger partial charge in [0.25, 0.3) is 0 Å². The van der Waals surface area contributed by atoms with E-state index in [1.165, 1.54) is 11.3 Å². The van der Waals surface area contributed by atoms with Gasteiger partial charge in [0.15, 0.2) is 0 Å². The Morgan fingerprint density at radius 3 is 2.86 bits per heavy atom. The Hall–Kier alpha value is -1.31. The molecule has 0 aliphatic heterocycles. The molecule has 0 aromatic carbocycles. The molecule has 2 nitrogen and oxygen atoms in total. The summed E-state index contributed by atoms with van der Waals surface area (Å²) in [6.07, 6.45) is 5.16. The van der Waals surface area contributed by atoms with Crippen LogP contribution in [0.25, 0.3) is 5.65 Å². The first kappa shape index (κ1) is 9.25. The van der Waals surface area contributed by atoms with E-state index in [0.717, 1.165) is 12.1 Å². The summed E-state index contributed by atoms with van der Waals surface area (Å²) in [4.78, 5) is 4.41. The van der Waals surface area contributed by atoms with Crippen LogP contribution in [0.15, 0.2) is 24.5 Å². The van der Waals surface area contributed by atoms with Gasteiger partial charge in [-0.1, -0.05) is 20.8 Å². The third-order valence-corrected chi connectivity index (χ3v) is 2.61. The molecule has 2 aromatic rings. The fourth-order valence-electron chi connectivity index (χ4n) is 1.69. The molecule has 0 fully saturated rings. The molecule has 2 heteroatoms. The molecule has 0 aliphatic rings. The molecule has 14 heavy (non-hydrogen) atoms. The van der Waals surface area contributed by atoms with Crippen molar-refractivity contribution in [1.29, 1.82) is 0 Å². The van der Waals surface area contributed by atoms with Gasteiger partial charge in [0, 0.05) is 18.1 Å². The van der Waals surface area contributed by atoms with E-state index in [0.29, 0.717) is 5.92 Å². The lowest BCUT2D eigenvalue weighted by molar-refractivity contribution is 0.808.